The highest BCUT2D eigenvalue weighted by Crippen LogP contribution is 2.11. The van der Waals surface area contributed by atoms with Gasteiger partial charge in [0, 0.05) is 19.3 Å². The smallest absolute Gasteiger partial charge is 0.306 e. The first kappa shape index (κ1) is 66.0. The molecule has 0 radical (unpaired) electrons. The summed E-state index contributed by atoms with van der Waals surface area (Å²) in [4.78, 5) is 38.1. The van der Waals surface area contributed by atoms with E-state index in [0.29, 0.717) is 19.3 Å². The molecule has 0 fully saturated rings. The van der Waals surface area contributed by atoms with Gasteiger partial charge in [-0.1, -0.05) is 204 Å². The Kier molecular flexibility index (Phi) is 53.6. The second-order valence-corrected chi connectivity index (χ2v) is 17.7. The van der Waals surface area contributed by atoms with Crippen molar-refractivity contribution in [1.82, 2.24) is 0 Å². The molecule has 396 valence electrons. The minimum Gasteiger partial charge on any atom is -0.462 e. The van der Waals surface area contributed by atoms with Crippen LogP contribution >= 0.6 is 0 Å². The quantitative estimate of drug-likeness (QED) is 0.0262. The van der Waals surface area contributed by atoms with Gasteiger partial charge in [-0.25, -0.2) is 0 Å². The predicted molar refractivity (Wildman–Crippen MR) is 306 cm³/mol. The molecule has 0 heterocycles. The Labute approximate surface area is 435 Å². The van der Waals surface area contributed by atoms with Gasteiger partial charge in [-0.2, -0.15) is 0 Å². The molecule has 71 heavy (non-hydrogen) atoms. The van der Waals surface area contributed by atoms with Crippen molar-refractivity contribution >= 4 is 17.9 Å². The molecule has 0 aromatic rings. The van der Waals surface area contributed by atoms with Crippen LogP contribution in [0.2, 0.25) is 0 Å². The van der Waals surface area contributed by atoms with Gasteiger partial charge >= 0.3 is 17.9 Å². The fraction of sp³-hybridized carbons (Fsp3) is 0.554. The molecule has 0 unspecified atom stereocenters. The van der Waals surface area contributed by atoms with Crippen LogP contribution in [0.1, 0.15) is 213 Å². The lowest BCUT2D eigenvalue weighted by Crippen LogP contribution is -2.30. The van der Waals surface area contributed by atoms with Gasteiger partial charge in [-0.15, -0.1) is 0 Å². The molecule has 0 saturated heterocycles. The maximum atomic E-state index is 12.9. The molecule has 0 aliphatic carbocycles. The number of esters is 3. The van der Waals surface area contributed by atoms with Crippen molar-refractivity contribution in [3.63, 3.8) is 0 Å². The van der Waals surface area contributed by atoms with E-state index in [-0.39, 0.29) is 44.0 Å². The fourth-order valence-electron chi connectivity index (χ4n) is 6.85. The topological polar surface area (TPSA) is 78.9 Å². The Balaban J connectivity index is 4.61. The first-order chi connectivity index (χ1) is 35.0. The van der Waals surface area contributed by atoms with E-state index in [1.54, 1.807) is 0 Å². The van der Waals surface area contributed by atoms with Gasteiger partial charge in [-0.3, -0.25) is 14.4 Å². The summed E-state index contributed by atoms with van der Waals surface area (Å²) in [6.45, 7) is 6.27. The number of hydrogen-bond acceptors (Lipinski definition) is 6. The average molecular weight is 978 g/mol. The second kappa shape index (κ2) is 57.6. The minimum absolute atomic E-state index is 0.129. The van der Waals surface area contributed by atoms with E-state index >= 15 is 0 Å². The van der Waals surface area contributed by atoms with Crippen molar-refractivity contribution in [2.75, 3.05) is 13.2 Å². The standard InChI is InChI=1S/C65H100O6/c1-4-7-10-13-16-19-22-25-28-30-32-34-37-40-43-46-49-52-55-58-64(67)70-61-62(60-69-63(66)57-54-51-48-45-42-39-36-27-24-21-18-15-12-9-6-3)71-65(68)59-56-53-50-47-44-41-38-35-33-31-29-26-23-20-17-14-11-8-5-2/h7,9-10,12,16-21,25-29,32-36,40-45,62H,4-6,8,11,13-15,22-24,30-31,37-39,46-61H2,1-3H3/b10-7-,12-9-,19-16-,20-17-,21-18-,28-25-,29-26-,34-32-,35-33-,36-27-,43-40-,44-41-,45-42-/t62-/m0/s1. The van der Waals surface area contributed by atoms with Crippen LogP contribution in [0.3, 0.4) is 0 Å². The number of ether oxygens (including phenoxy) is 3. The van der Waals surface area contributed by atoms with Crippen molar-refractivity contribution in [3.05, 3.63) is 158 Å². The van der Waals surface area contributed by atoms with E-state index in [2.05, 4.69) is 179 Å². The summed E-state index contributed by atoms with van der Waals surface area (Å²) in [5.74, 6) is -1.04. The van der Waals surface area contributed by atoms with Gasteiger partial charge < -0.3 is 14.2 Å². The Hall–Kier alpha value is -4.97. The van der Waals surface area contributed by atoms with Gasteiger partial charge in [0.2, 0.25) is 0 Å². The third-order valence-corrected chi connectivity index (χ3v) is 11.0. The molecule has 0 rings (SSSR count). The Bertz CT molecular complexity index is 1640. The van der Waals surface area contributed by atoms with Gasteiger partial charge in [0.05, 0.1) is 0 Å². The normalized spacial score (nSPS) is 13.3. The number of carbonyl (C=O) groups is 3. The molecular weight excluding hydrogens is 877 g/mol. The second-order valence-electron chi connectivity index (χ2n) is 17.7. The highest BCUT2D eigenvalue weighted by molar-refractivity contribution is 5.71. The van der Waals surface area contributed by atoms with E-state index in [1.807, 2.05) is 0 Å². The van der Waals surface area contributed by atoms with Crippen LogP contribution in [0.25, 0.3) is 0 Å². The molecule has 0 bridgehead atoms. The highest BCUT2D eigenvalue weighted by Gasteiger charge is 2.19. The third kappa shape index (κ3) is 55.8. The van der Waals surface area contributed by atoms with Gasteiger partial charge in [0.15, 0.2) is 6.10 Å². The molecule has 1 atom stereocenters. The van der Waals surface area contributed by atoms with E-state index in [1.165, 1.54) is 25.7 Å². The van der Waals surface area contributed by atoms with Crippen LogP contribution in [0.4, 0.5) is 0 Å². The number of unbranched alkanes of at least 4 members (excludes halogenated alkanes) is 11. The van der Waals surface area contributed by atoms with E-state index < -0.39 is 6.10 Å². The largest absolute Gasteiger partial charge is 0.462 e. The summed E-state index contributed by atoms with van der Waals surface area (Å²) in [6, 6.07) is 0. The number of allylic oxidation sites excluding steroid dienone is 26. The van der Waals surface area contributed by atoms with Crippen LogP contribution in [0.15, 0.2) is 158 Å². The lowest BCUT2D eigenvalue weighted by atomic mass is 10.1. The van der Waals surface area contributed by atoms with Crippen molar-refractivity contribution in [2.45, 2.75) is 219 Å². The third-order valence-electron chi connectivity index (χ3n) is 11.0. The van der Waals surface area contributed by atoms with Gasteiger partial charge in [0.25, 0.3) is 0 Å². The molecule has 0 aromatic carbocycles. The van der Waals surface area contributed by atoms with Crippen LogP contribution in [-0.2, 0) is 28.6 Å². The van der Waals surface area contributed by atoms with E-state index in [9.17, 15) is 14.4 Å². The zero-order chi connectivity index (χ0) is 51.4. The zero-order valence-corrected chi connectivity index (χ0v) is 45.2. The van der Waals surface area contributed by atoms with E-state index in [0.717, 1.165) is 135 Å². The SMILES string of the molecule is CC/C=C\C/C=C\C/C=C\C/C=C\C/C=C\CCCCCC(=O)OC[C@H](COC(=O)CCCC/C=C\C/C=C\C/C=C\C/C=C\CC)OC(=O)CCCCC/C=C\C/C=C\C/C=C\C/C=C\CCCCC. The maximum absolute atomic E-state index is 12.9. The van der Waals surface area contributed by atoms with E-state index in [4.69, 9.17) is 14.2 Å². The molecular formula is C65H100O6. The Morgan fingerprint density at radius 2 is 0.549 bits per heavy atom. The summed E-state index contributed by atoms with van der Waals surface area (Å²) >= 11 is 0. The summed E-state index contributed by atoms with van der Waals surface area (Å²) in [7, 11) is 0. The number of hydrogen-bond donors (Lipinski definition) is 0. The number of carbonyl (C=O) groups excluding carboxylic acids is 3. The molecule has 0 aliphatic rings. The van der Waals surface area contributed by atoms with Gasteiger partial charge in [0.1, 0.15) is 13.2 Å². The summed E-state index contributed by atoms with van der Waals surface area (Å²) in [5.41, 5.74) is 0. The lowest BCUT2D eigenvalue weighted by Gasteiger charge is -2.18. The minimum atomic E-state index is -0.834. The molecule has 0 N–H and O–H groups in total. The van der Waals surface area contributed by atoms with Crippen molar-refractivity contribution < 1.29 is 28.6 Å². The Morgan fingerprint density at radius 3 is 0.859 bits per heavy atom. The van der Waals surface area contributed by atoms with Crippen LogP contribution in [-0.4, -0.2) is 37.2 Å². The number of rotatable bonds is 48. The van der Waals surface area contributed by atoms with Crippen molar-refractivity contribution in [1.29, 1.82) is 0 Å². The molecule has 0 spiro atoms. The molecule has 0 amide bonds. The summed E-state index contributed by atoms with van der Waals surface area (Å²) in [6.07, 6.45) is 83.7. The molecule has 0 aliphatic heterocycles. The Morgan fingerprint density at radius 1 is 0.296 bits per heavy atom. The average Bonchev–Trinajstić information content (AvgIpc) is 3.37. The monoisotopic (exact) mass is 977 g/mol. The predicted octanol–water partition coefficient (Wildman–Crippen LogP) is 19.0. The fourth-order valence-corrected chi connectivity index (χ4v) is 6.85. The molecule has 6 nitrogen and oxygen atoms in total. The highest BCUT2D eigenvalue weighted by atomic mass is 16.6. The van der Waals surface area contributed by atoms with Gasteiger partial charge in [-0.05, 0) is 148 Å². The van der Waals surface area contributed by atoms with Crippen molar-refractivity contribution in [3.8, 4) is 0 Å². The maximum Gasteiger partial charge on any atom is 0.306 e. The first-order valence-corrected chi connectivity index (χ1v) is 28.0. The molecule has 0 aromatic heterocycles. The summed E-state index contributed by atoms with van der Waals surface area (Å²) in [5, 5.41) is 0. The van der Waals surface area contributed by atoms with Crippen molar-refractivity contribution in [2.24, 2.45) is 0 Å². The van der Waals surface area contributed by atoms with Crippen LogP contribution in [0, 0.1) is 0 Å². The molecule has 6 heteroatoms. The molecule has 0 saturated carbocycles. The first-order valence-electron chi connectivity index (χ1n) is 28.0. The van der Waals surface area contributed by atoms with Crippen LogP contribution in [0.5, 0.6) is 0 Å². The van der Waals surface area contributed by atoms with Crippen LogP contribution < -0.4 is 0 Å². The zero-order valence-electron chi connectivity index (χ0n) is 45.2. The summed E-state index contributed by atoms with van der Waals surface area (Å²) < 4.78 is 16.8. The lowest BCUT2D eigenvalue weighted by molar-refractivity contribution is -0.167.